The number of hydrogen-bond donors (Lipinski definition) is 0. The van der Waals surface area contributed by atoms with E-state index in [1.54, 1.807) is 6.07 Å². The van der Waals surface area contributed by atoms with Gasteiger partial charge < -0.3 is 9.13 Å². The Morgan fingerprint density at radius 1 is 0.467 bits per heavy atom. The van der Waals surface area contributed by atoms with Crippen LogP contribution in [-0.2, 0) is 9.84 Å². The highest BCUT2D eigenvalue weighted by molar-refractivity contribution is 7.92. The smallest absolute Gasteiger partial charge is 0.209 e. The minimum atomic E-state index is -3.80. The Kier molecular flexibility index (Phi) is 5.24. The fraction of sp³-hybridized carbons (Fsp3) is 0.100. The maximum atomic E-state index is 14.5. The van der Waals surface area contributed by atoms with Crippen LogP contribution in [0.25, 0.3) is 66.1 Å². The van der Waals surface area contributed by atoms with Crippen LogP contribution in [0.5, 0.6) is 0 Å². The molecular weight excluding hydrogens is 573 g/mol. The van der Waals surface area contributed by atoms with Crippen LogP contribution >= 0.6 is 0 Å². The Morgan fingerprint density at radius 3 is 1.40 bits per heavy atom. The van der Waals surface area contributed by atoms with Crippen molar-refractivity contribution in [2.24, 2.45) is 0 Å². The third-order valence-electron chi connectivity index (χ3n) is 9.73. The molecule has 0 N–H and O–H groups in total. The van der Waals surface area contributed by atoms with Crippen molar-refractivity contribution in [3.63, 3.8) is 0 Å². The summed E-state index contributed by atoms with van der Waals surface area (Å²) >= 11 is 0. The molecule has 1 aliphatic heterocycles. The molecule has 2 aromatic heterocycles. The van der Waals surface area contributed by atoms with Crippen molar-refractivity contribution in [2.45, 2.75) is 37.5 Å². The normalized spacial score (nSPS) is 13.7. The lowest BCUT2D eigenvalue weighted by Gasteiger charge is -2.14. The number of rotatable bonds is 2. The average molecular weight is 603 g/mol. The molecule has 5 heteroatoms. The van der Waals surface area contributed by atoms with E-state index in [0.29, 0.717) is 15.5 Å². The van der Waals surface area contributed by atoms with Crippen LogP contribution in [0.3, 0.4) is 0 Å². The Morgan fingerprint density at radius 2 is 0.911 bits per heavy atom. The van der Waals surface area contributed by atoms with Crippen LogP contribution in [0.4, 0.5) is 0 Å². The molecule has 218 valence electrons. The first kappa shape index (κ1) is 26.3. The lowest BCUT2D eigenvalue weighted by Crippen LogP contribution is -2.05. The predicted molar refractivity (Wildman–Crippen MR) is 185 cm³/mol. The molecule has 0 radical (unpaired) electrons. The molecule has 0 atom stereocenters. The molecule has 0 unspecified atom stereocenters. The number of sulfone groups is 1. The molecule has 0 spiro atoms. The molecular formula is C40H30N2O2S. The van der Waals surface area contributed by atoms with E-state index in [4.69, 9.17) is 0 Å². The molecule has 0 aliphatic carbocycles. The maximum Gasteiger partial charge on any atom is 0.209 e. The van der Waals surface area contributed by atoms with Gasteiger partial charge in [0.25, 0.3) is 0 Å². The summed E-state index contributed by atoms with van der Waals surface area (Å²) in [7, 11) is -3.80. The van der Waals surface area contributed by atoms with Crippen LogP contribution in [0.15, 0.2) is 119 Å². The first-order chi connectivity index (χ1) is 21.8. The van der Waals surface area contributed by atoms with E-state index in [2.05, 4.69) is 116 Å². The zero-order chi connectivity index (χ0) is 30.8. The maximum absolute atomic E-state index is 14.5. The molecule has 0 bridgehead atoms. The second-order valence-corrected chi connectivity index (χ2v) is 14.2. The Hall–Kier alpha value is -5.13. The number of fused-ring (bicyclic) bond motifs is 9. The molecule has 8 aromatic rings. The van der Waals surface area contributed by atoms with Crippen molar-refractivity contribution in [3.8, 4) is 22.5 Å². The summed E-state index contributed by atoms with van der Waals surface area (Å²) in [5, 5.41) is 4.64. The Balaban J connectivity index is 1.37. The predicted octanol–water partition coefficient (Wildman–Crippen LogP) is 9.93. The molecule has 1 aliphatic rings. The summed E-state index contributed by atoms with van der Waals surface area (Å²) in [5.74, 6) is 0. The van der Waals surface area contributed by atoms with Crippen LogP contribution in [0.1, 0.15) is 22.3 Å². The van der Waals surface area contributed by atoms with E-state index < -0.39 is 9.84 Å². The van der Waals surface area contributed by atoms with Crippen molar-refractivity contribution in [1.82, 2.24) is 9.13 Å². The van der Waals surface area contributed by atoms with Crippen molar-refractivity contribution < 1.29 is 8.42 Å². The summed E-state index contributed by atoms with van der Waals surface area (Å²) in [6.45, 7) is 8.48. The monoisotopic (exact) mass is 602 g/mol. The second kappa shape index (κ2) is 8.96. The van der Waals surface area contributed by atoms with Gasteiger partial charge >= 0.3 is 0 Å². The minimum Gasteiger partial charge on any atom is -0.309 e. The van der Waals surface area contributed by atoms with Gasteiger partial charge in [-0.05, 0) is 74.2 Å². The topological polar surface area (TPSA) is 44.0 Å². The zero-order valence-corrected chi connectivity index (χ0v) is 26.3. The first-order valence-electron chi connectivity index (χ1n) is 15.3. The summed E-state index contributed by atoms with van der Waals surface area (Å²) < 4.78 is 33.6. The summed E-state index contributed by atoms with van der Waals surface area (Å²) in [6, 6.07) is 37.2. The Labute approximate surface area is 261 Å². The van der Waals surface area contributed by atoms with E-state index >= 15 is 0 Å². The summed E-state index contributed by atoms with van der Waals surface area (Å²) in [5.41, 5.74) is 12.1. The van der Waals surface area contributed by atoms with Gasteiger partial charge in [-0.1, -0.05) is 84.9 Å². The zero-order valence-electron chi connectivity index (χ0n) is 25.5. The third-order valence-corrected chi connectivity index (χ3v) is 11.6. The highest BCUT2D eigenvalue weighted by atomic mass is 32.2. The van der Waals surface area contributed by atoms with Gasteiger partial charge in [-0.25, -0.2) is 8.42 Å². The summed E-state index contributed by atoms with van der Waals surface area (Å²) in [6.07, 6.45) is 0. The lowest BCUT2D eigenvalue weighted by molar-refractivity contribution is 0.598. The highest BCUT2D eigenvalue weighted by Gasteiger charge is 2.37. The van der Waals surface area contributed by atoms with E-state index in [0.717, 1.165) is 60.8 Å². The van der Waals surface area contributed by atoms with Gasteiger partial charge in [-0.3, -0.25) is 0 Å². The van der Waals surface area contributed by atoms with Crippen molar-refractivity contribution in [1.29, 1.82) is 0 Å². The number of hydrogen-bond acceptors (Lipinski definition) is 2. The number of aryl methyl sites for hydroxylation is 4. The van der Waals surface area contributed by atoms with E-state index in [-0.39, 0.29) is 0 Å². The van der Waals surface area contributed by atoms with Crippen molar-refractivity contribution >= 4 is 53.4 Å². The van der Waals surface area contributed by atoms with Gasteiger partial charge in [0.2, 0.25) is 9.84 Å². The SMILES string of the molecule is Cc1cccc2c3cccc(C)c3n(-c3ccc4c(c3)-c3cccc(-n5c6c(C)cccc6c6cccc(C)c65)c3S4(=O)=O)c12. The summed E-state index contributed by atoms with van der Waals surface area (Å²) in [4.78, 5) is 0.731. The highest BCUT2D eigenvalue weighted by Crippen LogP contribution is 2.49. The van der Waals surface area contributed by atoms with Gasteiger partial charge in [0.15, 0.2) is 0 Å². The molecule has 0 saturated carbocycles. The molecule has 45 heavy (non-hydrogen) atoms. The second-order valence-electron chi connectivity index (χ2n) is 12.4. The number of nitrogens with zero attached hydrogens (tertiary/aromatic N) is 2. The molecule has 9 rings (SSSR count). The molecule has 4 nitrogen and oxygen atoms in total. The van der Waals surface area contributed by atoms with Crippen LogP contribution in [0, 0.1) is 27.7 Å². The first-order valence-corrected chi connectivity index (χ1v) is 16.8. The van der Waals surface area contributed by atoms with Crippen LogP contribution in [0.2, 0.25) is 0 Å². The Bertz CT molecular complexity index is 2590. The van der Waals surface area contributed by atoms with E-state index in [9.17, 15) is 8.42 Å². The van der Waals surface area contributed by atoms with Gasteiger partial charge in [0.05, 0.1) is 32.6 Å². The van der Waals surface area contributed by atoms with Crippen LogP contribution < -0.4 is 0 Å². The largest absolute Gasteiger partial charge is 0.309 e. The van der Waals surface area contributed by atoms with Gasteiger partial charge in [0, 0.05) is 38.4 Å². The van der Waals surface area contributed by atoms with E-state index in [1.807, 2.05) is 24.3 Å². The lowest BCUT2D eigenvalue weighted by atomic mass is 10.0. The molecule has 0 saturated heterocycles. The molecule has 6 aromatic carbocycles. The number of benzene rings is 6. The number of para-hydroxylation sites is 4. The molecule has 3 heterocycles. The molecule has 0 fully saturated rings. The number of aromatic nitrogens is 2. The minimum absolute atomic E-state index is 0.358. The van der Waals surface area contributed by atoms with E-state index in [1.165, 1.54) is 21.9 Å². The van der Waals surface area contributed by atoms with Crippen molar-refractivity contribution in [2.75, 3.05) is 0 Å². The van der Waals surface area contributed by atoms with Gasteiger partial charge in [-0.15, -0.1) is 0 Å². The average Bonchev–Trinajstić information content (AvgIpc) is 3.64. The van der Waals surface area contributed by atoms with Crippen molar-refractivity contribution in [3.05, 3.63) is 131 Å². The standard InChI is InChI=1S/C40H30N2O2S/c1-23-10-5-14-28-29-15-6-11-24(2)37(29)41(36(23)28)27-20-21-35-33(22-27)32-18-9-19-34(40(32)45(35,43)44)42-38-25(3)12-7-16-30(38)31-17-8-13-26(4)39(31)42/h5-22H,1-4H3. The quantitative estimate of drug-likeness (QED) is 0.198. The van der Waals surface area contributed by atoms with Gasteiger partial charge in [-0.2, -0.15) is 0 Å². The molecule has 0 amide bonds. The fourth-order valence-corrected chi connectivity index (χ4v) is 9.65. The third kappa shape index (κ3) is 3.34. The van der Waals surface area contributed by atoms with Crippen LogP contribution in [-0.4, -0.2) is 17.6 Å². The van der Waals surface area contributed by atoms with Gasteiger partial charge in [0.1, 0.15) is 4.90 Å². The fourth-order valence-electron chi connectivity index (χ4n) is 7.82.